The molecule has 0 radical (unpaired) electrons. The highest BCUT2D eigenvalue weighted by molar-refractivity contribution is 7.13. The first-order chi connectivity index (χ1) is 18.0. The largest absolute Gasteiger partial charge is 0.462 e. The molecule has 2 amide bonds. The highest BCUT2D eigenvalue weighted by Crippen LogP contribution is 2.39. The Balaban J connectivity index is 2.14. The van der Waals surface area contributed by atoms with Gasteiger partial charge in [-0.3, -0.25) is 10.1 Å². The number of hydrogen-bond acceptors (Lipinski definition) is 7. The molecule has 2 N–H and O–H groups in total. The Bertz CT molecular complexity index is 1400. The van der Waals surface area contributed by atoms with E-state index in [0.717, 1.165) is 17.5 Å². The topological polar surface area (TPSA) is 110 Å². The molecule has 200 valence electrons. The Labute approximate surface area is 218 Å². The SMILES string of the molecule is C/C=C(\C(=O)OCC)C(=O)c1cc(-c2cnc(NC(=O)NCC)cc2-c2nc(C(F)(F)F)cs2)ccc1F. The molecule has 0 saturated carbocycles. The number of ketones is 1. The summed E-state index contributed by atoms with van der Waals surface area (Å²) in [6.07, 6.45) is -2.22. The quantitative estimate of drug-likeness (QED) is 0.0908. The molecule has 38 heavy (non-hydrogen) atoms. The fourth-order valence-electron chi connectivity index (χ4n) is 3.34. The number of pyridine rings is 1. The van der Waals surface area contributed by atoms with E-state index >= 15 is 0 Å². The molecular weight excluding hydrogens is 528 g/mol. The third kappa shape index (κ3) is 6.40. The summed E-state index contributed by atoms with van der Waals surface area (Å²) < 4.78 is 59.3. The molecule has 0 fully saturated rings. The van der Waals surface area contributed by atoms with Crippen molar-refractivity contribution in [3.63, 3.8) is 0 Å². The minimum atomic E-state index is -4.69. The van der Waals surface area contributed by atoms with Crippen molar-refractivity contribution in [2.45, 2.75) is 26.9 Å². The molecule has 0 aliphatic carbocycles. The highest BCUT2D eigenvalue weighted by atomic mass is 32.1. The summed E-state index contributed by atoms with van der Waals surface area (Å²) in [5.41, 5.74) is -1.37. The van der Waals surface area contributed by atoms with Crippen LogP contribution in [0.3, 0.4) is 0 Å². The fourth-order valence-corrected chi connectivity index (χ4v) is 4.20. The van der Waals surface area contributed by atoms with Gasteiger partial charge in [-0.1, -0.05) is 12.1 Å². The van der Waals surface area contributed by atoms with Gasteiger partial charge in [-0.15, -0.1) is 11.3 Å². The molecule has 0 aliphatic rings. The lowest BCUT2D eigenvalue weighted by atomic mass is 9.96. The maximum absolute atomic E-state index is 14.7. The molecule has 2 aromatic heterocycles. The molecule has 0 aliphatic heterocycles. The van der Waals surface area contributed by atoms with Crippen LogP contribution in [0.4, 0.5) is 28.2 Å². The number of carbonyl (C=O) groups is 3. The van der Waals surface area contributed by atoms with Gasteiger partial charge >= 0.3 is 18.2 Å². The Hall–Kier alpha value is -4.13. The Morgan fingerprint density at radius 2 is 1.87 bits per heavy atom. The van der Waals surface area contributed by atoms with Crippen LogP contribution in [0, 0.1) is 5.82 Å². The van der Waals surface area contributed by atoms with E-state index in [4.69, 9.17) is 4.74 Å². The van der Waals surface area contributed by atoms with Gasteiger partial charge in [0.1, 0.15) is 22.2 Å². The Morgan fingerprint density at radius 1 is 1.13 bits per heavy atom. The number of alkyl halides is 3. The molecule has 0 saturated heterocycles. The second-order valence-electron chi connectivity index (χ2n) is 7.58. The number of anilines is 1. The van der Waals surface area contributed by atoms with Crippen molar-refractivity contribution in [3.05, 3.63) is 64.6 Å². The van der Waals surface area contributed by atoms with Gasteiger partial charge in [0.05, 0.1) is 12.2 Å². The van der Waals surface area contributed by atoms with E-state index in [1.807, 2.05) is 0 Å². The van der Waals surface area contributed by atoms with Crippen molar-refractivity contribution in [2.24, 2.45) is 0 Å². The first-order valence-corrected chi connectivity index (χ1v) is 12.1. The summed E-state index contributed by atoms with van der Waals surface area (Å²) in [6.45, 7) is 5.01. The van der Waals surface area contributed by atoms with E-state index in [2.05, 4.69) is 20.6 Å². The Morgan fingerprint density at radius 3 is 2.47 bits per heavy atom. The number of aromatic nitrogens is 2. The number of nitrogens with one attached hydrogen (secondary N) is 2. The van der Waals surface area contributed by atoms with Crippen LogP contribution in [-0.4, -0.2) is 40.9 Å². The molecule has 13 heteroatoms. The van der Waals surface area contributed by atoms with Crippen LogP contribution in [0.25, 0.3) is 21.7 Å². The lowest BCUT2D eigenvalue weighted by molar-refractivity contribution is -0.140. The standard InChI is InChI=1S/C25H22F4N4O4S/c1-4-14(23(35)37-6-3)21(34)16-9-13(7-8-18(16)26)17-11-31-20(33-24(36)30-5-2)10-15(17)22-32-19(12-38-22)25(27,28)29/h4,7-12H,5-6H2,1-3H3,(H2,30,31,33,36)/b14-4-. The van der Waals surface area contributed by atoms with E-state index in [1.165, 1.54) is 31.3 Å². The molecule has 0 bridgehead atoms. The van der Waals surface area contributed by atoms with E-state index in [9.17, 15) is 31.9 Å². The van der Waals surface area contributed by atoms with Crippen LogP contribution >= 0.6 is 11.3 Å². The van der Waals surface area contributed by atoms with Gasteiger partial charge in [0.25, 0.3) is 0 Å². The number of allylic oxidation sites excluding steroid dienone is 1. The average Bonchev–Trinajstić information content (AvgIpc) is 3.36. The van der Waals surface area contributed by atoms with Gasteiger partial charge in [-0.2, -0.15) is 13.2 Å². The summed E-state index contributed by atoms with van der Waals surface area (Å²) in [5, 5.41) is 5.78. The zero-order valence-corrected chi connectivity index (χ0v) is 21.2. The smallest absolute Gasteiger partial charge is 0.434 e. The van der Waals surface area contributed by atoms with E-state index in [1.54, 1.807) is 13.8 Å². The van der Waals surface area contributed by atoms with Crippen LogP contribution in [0.1, 0.15) is 36.8 Å². The summed E-state index contributed by atoms with van der Waals surface area (Å²) in [4.78, 5) is 44.9. The van der Waals surface area contributed by atoms with Gasteiger partial charge in [-0.05, 0) is 44.5 Å². The van der Waals surface area contributed by atoms with Crippen molar-refractivity contribution in [1.29, 1.82) is 0 Å². The number of hydrogen-bond donors (Lipinski definition) is 2. The monoisotopic (exact) mass is 550 g/mol. The van der Waals surface area contributed by atoms with Crippen molar-refractivity contribution >= 4 is 34.9 Å². The summed E-state index contributed by atoms with van der Waals surface area (Å²) in [6, 6.07) is 4.21. The highest BCUT2D eigenvalue weighted by Gasteiger charge is 2.34. The Kier molecular flexibility index (Phi) is 8.94. The van der Waals surface area contributed by atoms with E-state index in [-0.39, 0.29) is 39.7 Å². The van der Waals surface area contributed by atoms with Crippen LogP contribution < -0.4 is 10.6 Å². The number of esters is 1. The normalized spacial score (nSPS) is 11.7. The predicted octanol–water partition coefficient (Wildman–Crippen LogP) is 5.86. The predicted molar refractivity (Wildman–Crippen MR) is 133 cm³/mol. The van der Waals surface area contributed by atoms with Crippen LogP contribution in [-0.2, 0) is 15.7 Å². The van der Waals surface area contributed by atoms with Gasteiger partial charge < -0.3 is 10.1 Å². The molecular formula is C25H22F4N4O4S. The number of urea groups is 1. The van der Waals surface area contributed by atoms with Crippen LogP contribution in [0.5, 0.6) is 0 Å². The minimum absolute atomic E-state index is 0.00535. The number of rotatable bonds is 8. The number of Topliss-reactive ketones (excluding diaryl/α,β-unsaturated/α-hetero) is 1. The molecule has 3 aromatic rings. The third-order valence-corrected chi connectivity index (χ3v) is 5.93. The van der Waals surface area contributed by atoms with Gasteiger partial charge in [-0.25, -0.2) is 23.9 Å². The van der Waals surface area contributed by atoms with Crippen LogP contribution in [0.2, 0.25) is 0 Å². The molecule has 1 aromatic carbocycles. The summed E-state index contributed by atoms with van der Waals surface area (Å²) >= 11 is 0.709. The maximum atomic E-state index is 14.7. The maximum Gasteiger partial charge on any atom is 0.434 e. The number of halogens is 4. The zero-order chi connectivity index (χ0) is 28.0. The third-order valence-electron chi connectivity index (χ3n) is 5.06. The van der Waals surface area contributed by atoms with E-state index < -0.39 is 41.0 Å². The number of amides is 2. The molecule has 0 unspecified atom stereocenters. The van der Waals surface area contributed by atoms with Gasteiger partial charge in [0.2, 0.25) is 5.78 Å². The van der Waals surface area contributed by atoms with Crippen molar-refractivity contribution in [1.82, 2.24) is 15.3 Å². The first kappa shape index (κ1) is 28.4. The number of benzene rings is 1. The zero-order valence-electron chi connectivity index (χ0n) is 20.4. The minimum Gasteiger partial charge on any atom is -0.462 e. The molecule has 2 heterocycles. The molecule has 8 nitrogen and oxygen atoms in total. The summed E-state index contributed by atoms with van der Waals surface area (Å²) in [7, 11) is 0. The van der Waals surface area contributed by atoms with Gasteiger partial charge in [0, 0.05) is 29.2 Å². The number of carbonyl (C=O) groups excluding carboxylic acids is 3. The van der Waals surface area contributed by atoms with Crippen molar-refractivity contribution < 1.29 is 36.7 Å². The molecule has 0 atom stereocenters. The number of thiazole rings is 1. The van der Waals surface area contributed by atoms with Crippen molar-refractivity contribution in [3.8, 4) is 21.7 Å². The number of nitrogens with zero attached hydrogens (tertiary/aromatic N) is 2. The fraction of sp³-hybridized carbons (Fsp3) is 0.240. The second-order valence-corrected chi connectivity index (χ2v) is 8.44. The average molecular weight is 551 g/mol. The lowest BCUT2D eigenvalue weighted by Gasteiger charge is -2.13. The molecule has 0 spiro atoms. The second kappa shape index (κ2) is 11.9. The molecule has 3 rings (SSSR count). The summed E-state index contributed by atoms with van der Waals surface area (Å²) in [5.74, 6) is -2.74. The van der Waals surface area contributed by atoms with Gasteiger partial charge in [0.15, 0.2) is 5.69 Å². The van der Waals surface area contributed by atoms with Crippen molar-refractivity contribution in [2.75, 3.05) is 18.5 Å². The van der Waals surface area contributed by atoms with Crippen LogP contribution in [0.15, 0.2) is 47.5 Å². The van der Waals surface area contributed by atoms with E-state index in [0.29, 0.717) is 17.9 Å². The number of ether oxygens (including phenoxy) is 1. The lowest BCUT2D eigenvalue weighted by Crippen LogP contribution is -2.28. The first-order valence-electron chi connectivity index (χ1n) is 11.3.